The Labute approximate surface area is 115 Å². The molecule has 0 spiro atoms. The first kappa shape index (κ1) is 16.2. The van der Waals surface area contributed by atoms with E-state index in [0.29, 0.717) is 0 Å². The summed E-state index contributed by atoms with van der Waals surface area (Å²) < 4.78 is 26.8. The lowest BCUT2D eigenvalue weighted by Crippen LogP contribution is -2.46. The summed E-state index contributed by atoms with van der Waals surface area (Å²) in [4.78, 5) is 0. The fourth-order valence-electron chi connectivity index (χ4n) is 1.99. The first-order valence-electron chi connectivity index (χ1n) is 6.42. The minimum absolute atomic E-state index is 0.0526. The molecule has 108 valence electrons. The van der Waals surface area contributed by atoms with Crippen molar-refractivity contribution >= 4 is 7.75 Å². The SMILES string of the molecule is COP(=O)(O[n+]1ccc(C)cc1)N(C(C)C)C(C)C. The molecule has 0 aliphatic heterocycles. The second-order valence-electron chi connectivity index (χ2n) is 5.04. The van der Waals surface area contributed by atoms with E-state index in [4.69, 9.17) is 9.15 Å². The van der Waals surface area contributed by atoms with Crippen molar-refractivity contribution < 1.29 is 18.4 Å². The molecule has 1 unspecified atom stereocenters. The van der Waals surface area contributed by atoms with Gasteiger partial charge in [0.2, 0.25) is 12.4 Å². The standard InChI is InChI=1S/C13H24N2O3P/c1-11(2)15(12(3)4)19(16,17-6)18-14-9-7-13(5)8-10-14/h7-12H,1-6H3/q+1. The average molecular weight is 287 g/mol. The van der Waals surface area contributed by atoms with Crippen molar-refractivity contribution in [3.8, 4) is 0 Å². The highest BCUT2D eigenvalue weighted by Crippen LogP contribution is 2.49. The lowest BCUT2D eigenvalue weighted by atomic mass is 10.3. The van der Waals surface area contributed by atoms with E-state index in [1.165, 1.54) is 11.8 Å². The van der Waals surface area contributed by atoms with Crippen molar-refractivity contribution in [2.75, 3.05) is 7.11 Å². The van der Waals surface area contributed by atoms with Crippen LogP contribution in [0.3, 0.4) is 0 Å². The summed E-state index contributed by atoms with van der Waals surface area (Å²) in [6, 6.07) is 3.87. The molecule has 0 aliphatic carbocycles. The second kappa shape index (κ2) is 6.51. The van der Waals surface area contributed by atoms with Crippen LogP contribution in [0.5, 0.6) is 0 Å². The topological polar surface area (TPSA) is 42.7 Å². The number of aromatic nitrogens is 1. The van der Waals surface area contributed by atoms with E-state index in [1.807, 2.05) is 46.8 Å². The van der Waals surface area contributed by atoms with Gasteiger partial charge < -0.3 is 0 Å². The summed E-state index contributed by atoms with van der Waals surface area (Å²) in [5.41, 5.74) is 1.11. The quantitative estimate of drug-likeness (QED) is 0.596. The maximum Gasteiger partial charge on any atom is 0.521 e. The summed E-state index contributed by atoms with van der Waals surface area (Å²) in [7, 11) is -1.95. The predicted octanol–water partition coefficient (Wildman–Crippen LogP) is 2.58. The number of hydrogen-bond donors (Lipinski definition) is 0. The molecule has 0 radical (unpaired) electrons. The zero-order chi connectivity index (χ0) is 14.6. The van der Waals surface area contributed by atoms with Crippen molar-refractivity contribution in [2.24, 2.45) is 0 Å². The third-order valence-corrected chi connectivity index (χ3v) is 5.08. The van der Waals surface area contributed by atoms with Gasteiger partial charge >= 0.3 is 7.75 Å². The normalized spacial score (nSPS) is 15.0. The third kappa shape index (κ3) is 4.03. The minimum atomic E-state index is -3.36. The molecule has 0 N–H and O–H groups in total. The highest BCUT2D eigenvalue weighted by Gasteiger charge is 2.42. The van der Waals surface area contributed by atoms with Gasteiger partial charge in [-0.15, -0.1) is 0 Å². The average Bonchev–Trinajstić information content (AvgIpc) is 2.31. The molecule has 1 rings (SSSR count). The number of nitrogens with zero attached hydrogens (tertiary/aromatic N) is 2. The molecule has 19 heavy (non-hydrogen) atoms. The molecule has 0 saturated carbocycles. The molecule has 0 bridgehead atoms. The Morgan fingerprint density at radius 3 is 2.00 bits per heavy atom. The van der Waals surface area contributed by atoms with Gasteiger partial charge in [0.25, 0.3) is 0 Å². The van der Waals surface area contributed by atoms with Gasteiger partial charge in [0.15, 0.2) is 0 Å². The van der Waals surface area contributed by atoms with Crippen molar-refractivity contribution in [2.45, 2.75) is 46.7 Å². The van der Waals surface area contributed by atoms with Crippen LogP contribution in [0.1, 0.15) is 33.3 Å². The van der Waals surface area contributed by atoms with Crippen LogP contribution >= 0.6 is 7.75 Å². The first-order chi connectivity index (χ1) is 8.80. The lowest BCUT2D eigenvalue weighted by Gasteiger charge is -2.32. The molecular weight excluding hydrogens is 263 g/mol. The summed E-state index contributed by atoms with van der Waals surface area (Å²) in [6.07, 6.45) is 3.44. The molecule has 5 nitrogen and oxygen atoms in total. The Hall–Kier alpha value is -0.900. The molecule has 1 aromatic rings. The van der Waals surface area contributed by atoms with Crippen molar-refractivity contribution in [1.82, 2.24) is 4.67 Å². The van der Waals surface area contributed by atoms with Gasteiger partial charge in [-0.3, -0.25) is 4.52 Å². The van der Waals surface area contributed by atoms with Gasteiger partial charge in [-0.25, -0.2) is 4.57 Å². The molecule has 1 atom stereocenters. The molecule has 0 saturated heterocycles. The molecule has 0 aromatic carbocycles. The van der Waals surface area contributed by atoms with Gasteiger partial charge in [-0.05, 0) is 40.2 Å². The van der Waals surface area contributed by atoms with Gasteiger partial charge in [-0.2, -0.15) is 9.29 Å². The minimum Gasteiger partial charge on any atom is -0.287 e. The molecule has 1 aromatic heterocycles. The molecular formula is C13H24N2O3P+. The third-order valence-electron chi connectivity index (χ3n) is 2.74. The number of hydrogen-bond acceptors (Lipinski definition) is 3. The smallest absolute Gasteiger partial charge is 0.287 e. The van der Waals surface area contributed by atoms with Crippen LogP contribution < -0.4 is 9.35 Å². The zero-order valence-corrected chi connectivity index (χ0v) is 13.4. The number of rotatable bonds is 6. The maximum atomic E-state index is 12.9. The van der Waals surface area contributed by atoms with Crippen LogP contribution in [0, 0.1) is 6.92 Å². The van der Waals surface area contributed by atoms with Crippen LogP contribution in [0.2, 0.25) is 0 Å². The Bertz CT molecular complexity index is 438. The van der Waals surface area contributed by atoms with Crippen LogP contribution in [-0.2, 0) is 9.09 Å². The zero-order valence-electron chi connectivity index (χ0n) is 12.5. The van der Waals surface area contributed by atoms with Crippen LogP contribution in [-0.4, -0.2) is 23.9 Å². The highest BCUT2D eigenvalue weighted by molar-refractivity contribution is 7.51. The first-order valence-corrected chi connectivity index (χ1v) is 7.92. The Kier molecular flexibility index (Phi) is 5.53. The fraction of sp³-hybridized carbons (Fsp3) is 0.615. The summed E-state index contributed by atoms with van der Waals surface area (Å²) >= 11 is 0. The van der Waals surface area contributed by atoms with E-state index in [2.05, 4.69) is 0 Å². The molecule has 0 amide bonds. The van der Waals surface area contributed by atoms with Crippen molar-refractivity contribution in [1.29, 1.82) is 0 Å². The molecule has 0 aliphatic rings. The van der Waals surface area contributed by atoms with Gasteiger partial charge in [-0.1, -0.05) is 0 Å². The monoisotopic (exact) mass is 287 g/mol. The summed E-state index contributed by atoms with van der Waals surface area (Å²) in [5.74, 6) is 0. The van der Waals surface area contributed by atoms with E-state index >= 15 is 0 Å². The maximum absolute atomic E-state index is 12.9. The summed E-state index contributed by atoms with van der Waals surface area (Å²) in [6.45, 7) is 9.85. The van der Waals surface area contributed by atoms with Crippen LogP contribution in [0.4, 0.5) is 0 Å². The lowest BCUT2D eigenvalue weighted by molar-refractivity contribution is -0.860. The van der Waals surface area contributed by atoms with Crippen LogP contribution in [0.25, 0.3) is 0 Å². The number of pyridine rings is 1. The Balaban J connectivity index is 3.02. The predicted molar refractivity (Wildman–Crippen MR) is 74.7 cm³/mol. The fourth-order valence-corrected chi connectivity index (χ4v) is 3.81. The van der Waals surface area contributed by atoms with Gasteiger partial charge in [0.05, 0.1) is 0 Å². The molecule has 1 heterocycles. The van der Waals surface area contributed by atoms with Crippen LogP contribution in [0.15, 0.2) is 24.5 Å². The molecule has 0 fully saturated rings. The second-order valence-corrected chi connectivity index (χ2v) is 6.96. The van der Waals surface area contributed by atoms with E-state index in [9.17, 15) is 4.57 Å². The van der Waals surface area contributed by atoms with Crippen molar-refractivity contribution in [3.63, 3.8) is 0 Å². The van der Waals surface area contributed by atoms with Crippen molar-refractivity contribution in [3.05, 3.63) is 30.1 Å². The molecule has 6 heteroatoms. The Morgan fingerprint density at radius 2 is 1.63 bits per heavy atom. The number of aryl methyl sites for hydroxylation is 1. The summed E-state index contributed by atoms with van der Waals surface area (Å²) in [5, 5.41) is 0. The van der Waals surface area contributed by atoms with Gasteiger partial charge in [0.1, 0.15) is 0 Å². The van der Waals surface area contributed by atoms with E-state index in [-0.39, 0.29) is 12.1 Å². The Morgan fingerprint density at radius 1 is 1.16 bits per heavy atom. The van der Waals surface area contributed by atoms with E-state index in [1.54, 1.807) is 17.1 Å². The van der Waals surface area contributed by atoms with Gasteiger partial charge in [0, 0.05) is 36.1 Å². The van der Waals surface area contributed by atoms with E-state index < -0.39 is 7.75 Å². The largest absolute Gasteiger partial charge is 0.521 e. The van der Waals surface area contributed by atoms with E-state index in [0.717, 1.165) is 5.56 Å². The highest BCUT2D eigenvalue weighted by atomic mass is 31.2.